The summed E-state index contributed by atoms with van der Waals surface area (Å²) in [7, 11) is 0. The van der Waals surface area contributed by atoms with Gasteiger partial charge in [0.1, 0.15) is 0 Å². The van der Waals surface area contributed by atoms with Crippen LogP contribution in [-0.4, -0.2) is 26.4 Å². The Morgan fingerprint density at radius 2 is 2.03 bits per heavy atom. The quantitative estimate of drug-likeness (QED) is 0.432. The summed E-state index contributed by atoms with van der Waals surface area (Å²) in [5.74, 6) is 1.12. The molecule has 154 valence electrons. The van der Waals surface area contributed by atoms with E-state index in [4.69, 9.17) is 11.6 Å². The minimum atomic E-state index is -0.0365. The zero-order valence-corrected chi connectivity index (χ0v) is 19.2. The summed E-state index contributed by atoms with van der Waals surface area (Å²) in [5.41, 5.74) is 2.11. The molecule has 0 radical (unpaired) electrons. The Morgan fingerprint density at radius 3 is 2.72 bits per heavy atom. The number of carbonyl (C=O) groups excluding carboxylic acids is 1. The average Bonchev–Trinajstić information content (AvgIpc) is 3.33. The number of halogens is 1. The van der Waals surface area contributed by atoms with Crippen LogP contribution in [0.2, 0.25) is 5.02 Å². The molecule has 0 unspecified atom stereocenters. The summed E-state index contributed by atoms with van der Waals surface area (Å²) in [6.45, 7) is 6.88. The lowest BCUT2D eigenvalue weighted by Crippen LogP contribution is -2.24. The summed E-state index contributed by atoms with van der Waals surface area (Å²) in [6.07, 6.45) is 2.21. The first-order chi connectivity index (χ1) is 14.0. The molecule has 1 amide bonds. The monoisotopic (exact) mass is 448 g/mol. The number of thiophene rings is 1. The van der Waals surface area contributed by atoms with Crippen molar-refractivity contribution in [2.45, 2.75) is 51.4 Å². The number of aryl methyl sites for hydroxylation is 1. The summed E-state index contributed by atoms with van der Waals surface area (Å²) >= 11 is 9.07. The molecule has 0 saturated carbocycles. The molecule has 2 aromatic heterocycles. The second kappa shape index (κ2) is 10.3. The van der Waals surface area contributed by atoms with Crippen molar-refractivity contribution in [2.75, 3.05) is 5.75 Å². The third-order valence-electron chi connectivity index (χ3n) is 4.32. The van der Waals surface area contributed by atoms with Gasteiger partial charge in [-0.15, -0.1) is 21.5 Å². The molecule has 0 aliphatic heterocycles. The molecule has 3 rings (SSSR count). The normalized spacial score (nSPS) is 11.2. The van der Waals surface area contributed by atoms with E-state index in [-0.39, 0.29) is 11.9 Å². The number of benzene rings is 1. The third-order valence-corrected chi connectivity index (χ3v) is 6.52. The molecule has 0 atom stereocenters. The minimum absolute atomic E-state index is 0.0365. The number of amides is 1. The number of carbonyl (C=O) groups is 1. The Labute approximate surface area is 184 Å². The van der Waals surface area contributed by atoms with Crippen LogP contribution in [0.15, 0.2) is 40.9 Å². The van der Waals surface area contributed by atoms with Gasteiger partial charge >= 0.3 is 0 Å². The van der Waals surface area contributed by atoms with Crippen LogP contribution in [0.5, 0.6) is 0 Å². The second-order valence-corrected chi connectivity index (χ2v) is 9.39. The Bertz CT molecular complexity index is 950. The highest BCUT2D eigenvalue weighted by Gasteiger charge is 2.18. The summed E-state index contributed by atoms with van der Waals surface area (Å²) in [4.78, 5) is 13.6. The van der Waals surface area contributed by atoms with E-state index in [0.717, 1.165) is 34.9 Å². The maximum absolute atomic E-state index is 12.3. The van der Waals surface area contributed by atoms with Gasteiger partial charge in [-0.05, 0) is 44.0 Å². The highest BCUT2D eigenvalue weighted by Crippen LogP contribution is 2.30. The third kappa shape index (κ3) is 5.84. The van der Waals surface area contributed by atoms with Crippen molar-refractivity contribution in [3.63, 3.8) is 0 Å². The van der Waals surface area contributed by atoms with E-state index in [2.05, 4.69) is 52.3 Å². The Kier molecular flexibility index (Phi) is 7.75. The van der Waals surface area contributed by atoms with Crippen LogP contribution in [0.25, 0.3) is 11.4 Å². The highest BCUT2D eigenvalue weighted by molar-refractivity contribution is 7.99. The Balaban J connectivity index is 1.63. The summed E-state index contributed by atoms with van der Waals surface area (Å²) in [6, 6.07) is 9.86. The molecule has 0 bridgehead atoms. The van der Waals surface area contributed by atoms with Gasteiger partial charge in [-0.25, -0.2) is 0 Å². The van der Waals surface area contributed by atoms with Gasteiger partial charge in [0.25, 0.3) is 0 Å². The zero-order chi connectivity index (χ0) is 20.8. The molecule has 0 spiro atoms. The van der Waals surface area contributed by atoms with Crippen LogP contribution in [0, 0.1) is 0 Å². The van der Waals surface area contributed by atoms with E-state index in [1.807, 2.05) is 24.3 Å². The Morgan fingerprint density at radius 1 is 1.28 bits per heavy atom. The van der Waals surface area contributed by atoms with Gasteiger partial charge in [-0.1, -0.05) is 48.8 Å². The standard InChI is InChI=1S/C21H25ClN4OS2/c1-4-5-18-10-16(12-28-18)20-24-25-21(26(20)14(2)3)29-13-19(27)23-11-15-6-8-17(22)9-7-15/h6-10,12,14H,4-5,11,13H2,1-3H3,(H,23,27). The van der Waals surface area contributed by atoms with E-state index in [0.29, 0.717) is 17.3 Å². The molecule has 29 heavy (non-hydrogen) atoms. The molecular formula is C21H25ClN4OS2. The number of rotatable bonds is 9. The summed E-state index contributed by atoms with van der Waals surface area (Å²) < 4.78 is 2.11. The molecule has 0 fully saturated rings. The lowest BCUT2D eigenvalue weighted by molar-refractivity contribution is -0.118. The highest BCUT2D eigenvalue weighted by atomic mass is 35.5. The van der Waals surface area contributed by atoms with Gasteiger partial charge in [0.05, 0.1) is 5.75 Å². The van der Waals surface area contributed by atoms with Crippen molar-refractivity contribution < 1.29 is 4.79 Å². The van der Waals surface area contributed by atoms with Crippen molar-refractivity contribution >= 4 is 40.6 Å². The van der Waals surface area contributed by atoms with E-state index < -0.39 is 0 Å². The minimum Gasteiger partial charge on any atom is -0.351 e. The van der Waals surface area contributed by atoms with Crippen molar-refractivity contribution in [1.29, 1.82) is 0 Å². The second-order valence-electron chi connectivity index (χ2n) is 7.01. The molecule has 2 heterocycles. The smallest absolute Gasteiger partial charge is 0.230 e. The van der Waals surface area contributed by atoms with Crippen LogP contribution in [0.3, 0.4) is 0 Å². The SMILES string of the molecule is CCCc1cc(-c2nnc(SCC(=O)NCc3ccc(Cl)cc3)n2C(C)C)cs1. The lowest BCUT2D eigenvalue weighted by atomic mass is 10.2. The van der Waals surface area contributed by atoms with Crippen LogP contribution in [0.1, 0.15) is 43.7 Å². The maximum Gasteiger partial charge on any atom is 0.230 e. The van der Waals surface area contributed by atoms with Crippen molar-refractivity contribution in [1.82, 2.24) is 20.1 Å². The molecule has 0 saturated heterocycles. The molecule has 1 aromatic carbocycles. The van der Waals surface area contributed by atoms with Gasteiger partial charge in [0, 0.05) is 33.4 Å². The number of nitrogens with zero attached hydrogens (tertiary/aromatic N) is 3. The number of hydrogen-bond acceptors (Lipinski definition) is 5. The topological polar surface area (TPSA) is 59.8 Å². The predicted octanol–water partition coefficient (Wildman–Crippen LogP) is 5.60. The van der Waals surface area contributed by atoms with E-state index in [9.17, 15) is 4.79 Å². The van der Waals surface area contributed by atoms with E-state index in [1.54, 1.807) is 11.3 Å². The predicted molar refractivity (Wildman–Crippen MR) is 122 cm³/mol. The number of thioether (sulfide) groups is 1. The molecule has 0 aliphatic rings. The molecule has 0 aliphatic carbocycles. The van der Waals surface area contributed by atoms with Crippen LogP contribution in [-0.2, 0) is 17.8 Å². The van der Waals surface area contributed by atoms with Gasteiger partial charge < -0.3 is 5.32 Å². The van der Waals surface area contributed by atoms with E-state index >= 15 is 0 Å². The maximum atomic E-state index is 12.3. The first-order valence-corrected chi connectivity index (χ1v) is 11.9. The number of nitrogens with one attached hydrogen (secondary N) is 1. The first kappa shape index (κ1) is 21.9. The van der Waals surface area contributed by atoms with Crippen LogP contribution < -0.4 is 5.32 Å². The van der Waals surface area contributed by atoms with Crippen molar-refractivity contribution in [2.24, 2.45) is 0 Å². The molecule has 8 heteroatoms. The van der Waals surface area contributed by atoms with Gasteiger partial charge in [-0.3, -0.25) is 9.36 Å². The van der Waals surface area contributed by atoms with Crippen molar-refractivity contribution in [3.05, 3.63) is 51.2 Å². The van der Waals surface area contributed by atoms with E-state index in [1.165, 1.54) is 16.6 Å². The lowest BCUT2D eigenvalue weighted by Gasteiger charge is -2.13. The van der Waals surface area contributed by atoms with Gasteiger partial charge in [0.15, 0.2) is 11.0 Å². The largest absolute Gasteiger partial charge is 0.351 e. The fraction of sp³-hybridized carbons (Fsp3) is 0.381. The van der Waals surface area contributed by atoms with Crippen LogP contribution >= 0.6 is 34.7 Å². The molecule has 3 aromatic rings. The van der Waals surface area contributed by atoms with Gasteiger partial charge in [0.2, 0.25) is 5.91 Å². The fourth-order valence-corrected chi connectivity index (χ4v) is 4.89. The van der Waals surface area contributed by atoms with Crippen LogP contribution in [0.4, 0.5) is 0 Å². The molecular weight excluding hydrogens is 424 g/mol. The Hall–Kier alpha value is -1.83. The number of aromatic nitrogens is 3. The molecule has 1 N–H and O–H groups in total. The average molecular weight is 449 g/mol. The van der Waals surface area contributed by atoms with Crippen molar-refractivity contribution in [3.8, 4) is 11.4 Å². The zero-order valence-electron chi connectivity index (χ0n) is 16.8. The molecule has 5 nitrogen and oxygen atoms in total. The van der Waals surface area contributed by atoms with Gasteiger partial charge in [-0.2, -0.15) is 0 Å². The summed E-state index contributed by atoms with van der Waals surface area (Å²) in [5, 5.41) is 15.3. The number of hydrogen-bond donors (Lipinski definition) is 1. The fourth-order valence-electron chi connectivity index (χ4n) is 2.90. The first-order valence-electron chi connectivity index (χ1n) is 9.64.